The quantitative estimate of drug-likeness (QED) is 0.0576. The molecule has 48 heavy (non-hydrogen) atoms. The number of phenolic OH excluding ortho intramolecular Hbond substituents is 1. The number of rotatable bonds is 33. The van der Waals surface area contributed by atoms with E-state index in [4.69, 9.17) is 0 Å². The molecule has 0 saturated carbocycles. The Morgan fingerprint density at radius 3 is 1.29 bits per heavy atom. The average molecular weight is 674 g/mol. The van der Waals surface area contributed by atoms with Crippen molar-refractivity contribution in [3.8, 4) is 5.75 Å². The Kier molecular flexibility index (Phi) is 26.1. The first-order valence-corrected chi connectivity index (χ1v) is 21.1. The molecule has 0 aliphatic carbocycles. The fraction of sp³-hybridized carbons (Fsp3) is 0.837. The zero-order valence-corrected chi connectivity index (χ0v) is 33.1. The molecule has 0 fully saturated rings. The molecule has 1 atom stereocenters. The summed E-state index contributed by atoms with van der Waals surface area (Å²) in [5.74, 6) is 0.673. The molecule has 5 nitrogen and oxygen atoms in total. The number of amides is 1. The molecule has 0 spiro atoms. The van der Waals surface area contributed by atoms with E-state index in [0.29, 0.717) is 12.3 Å². The second-order valence-corrected chi connectivity index (χ2v) is 15.3. The highest BCUT2D eigenvalue weighted by molar-refractivity contribution is 5.78. The molecule has 280 valence electrons. The van der Waals surface area contributed by atoms with Crippen LogP contribution >= 0.6 is 0 Å². The van der Waals surface area contributed by atoms with E-state index in [1.807, 2.05) is 12.1 Å². The minimum absolute atomic E-state index is 0.119. The van der Waals surface area contributed by atoms with Gasteiger partial charge in [0.2, 0.25) is 5.91 Å². The Balaban J connectivity index is 2.85. The number of quaternary nitrogens is 2. The summed E-state index contributed by atoms with van der Waals surface area (Å²) in [5.41, 5.74) is 1.15. The maximum atomic E-state index is 13.6. The molecule has 0 aliphatic heterocycles. The fourth-order valence-electron chi connectivity index (χ4n) is 7.70. The Bertz CT molecular complexity index is 843. The summed E-state index contributed by atoms with van der Waals surface area (Å²) in [4.78, 5) is 13.6. The van der Waals surface area contributed by atoms with Gasteiger partial charge in [0.25, 0.3) is 0 Å². The lowest BCUT2D eigenvalue weighted by molar-refractivity contribution is -0.929. The van der Waals surface area contributed by atoms with Crippen LogP contribution in [0.15, 0.2) is 24.3 Å². The molecular formula is C43H83N3O2+2. The Morgan fingerprint density at radius 2 is 0.896 bits per heavy atom. The number of aromatic hydroxyl groups is 1. The molecule has 1 aromatic carbocycles. The Labute approximate surface area is 299 Å². The molecule has 1 aromatic rings. The van der Waals surface area contributed by atoms with Gasteiger partial charge in [-0.25, -0.2) is 0 Å². The maximum absolute atomic E-state index is 13.6. The number of hydrogen-bond acceptors (Lipinski definition) is 2. The van der Waals surface area contributed by atoms with E-state index in [1.54, 1.807) is 12.1 Å². The summed E-state index contributed by atoms with van der Waals surface area (Å²) < 4.78 is 2.62. The lowest BCUT2D eigenvalue weighted by Crippen LogP contribution is -2.50. The van der Waals surface area contributed by atoms with Crippen molar-refractivity contribution >= 4 is 5.91 Å². The van der Waals surface area contributed by atoms with Crippen molar-refractivity contribution in [2.24, 2.45) is 5.92 Å². The second kappa shape index (κ2) is 28.1. The van der Waals surface area contributed by atoms with Gasteiger partial charge in [-0.1, -0.05) is 98.6 Å². The van der Waals surface area contributed by atoms with E-state index in [0.717, 1.165) is 37.7 Å². The van der Waals surface area contributed by atoms with Gasteiger partial charge in [-0.3, -0.25) is 4.79 Å². The van der Waals surface area contributed by atoms with Crippen LogP contribution in [0, 0.1) is 5.92 Å². The van der Waals surface area contributed by atoms with Crippen molar-refractivity contribution in [3.63, 3.8) is 0 Å². The number of nitrogens with zero attached hydrogens (tertiary/aromatic N) is 2. The molecule has 1 amide bonds. The summed E-state index contributed by atoms with van der Waals surface area (Å²) >= 11 is 0. The third-order valence-electron chi connectivity index (χ3n) is 11.1. The highest BCUT2D eigenvalue weighted by atomic mass is 16.3. The number of carbonyl (C=O) groups is 1. The van der Waals surface area contributed by atoms with Crippen LogP contribution in [-0.4, -0.2) is 78.9 Å². The predicted octanol–water partition coefficient (Wildman–Crippen LogP) is 10.8. The van der Waals surface area contributed by atoms with Gasteiger partial charge in [-0.05, 0) is 101 Å². The third kappa shape index (κ3) is 19.6. The van der Waals surface area contributed by atoms with Crippen LogP contribution in [-0.2, 0) is 11.2 Å². The smallest absolute Gasteiger partial charge is 0.223 e. The van der Waals surface area contributed by atoms with Gasteiger partial charge in [0.05, 0.1) is 52.4 Å². The van der Waals surface area contributed by atoms with Crippen molar-refractivity contribution in [2.45, 2.75) is 170 Å². The molecule has 5 heteroatoms. The van der Waals surface area contributed by atoms with Crippen LogP contribution in [0.2, 0.25) is 0 Å². The molecule has 0 aromatic heterocycles. The normalized spacial score (nSPS) is 12.8. The highest BCUT2D eigenvalue weighted by Crippen LogP contribution is 2.23. The minimum atomic E-state index is 0.119. The summed E-state index contributed by atoms with van der Waals surface area (Å²) in [6, 6.07) is 7.39. The topological polar surface area (TPSA) is 49.3 Å². The number of phenols is 1. The van der Waals surface area contributed by atoms with Crippen LogP contribution in [0.5, 0.6) is 5.75 Å². The van der Waals surface area contributed by atoms with Crippen molar-refractivity contribution < 1.29 is 18.9 Å². The number of nitrogens with one attached hydrogen (secondary N) is 1. The fourth-order valence-corrected chi connectivity index (χ4v) is 7.70. The van der Waals surface area contributed by atoms with Crippen LogP contribution in [0.25, 0.3) is 0 Å². The first-order valence-electron chi connectivity index (χ1n) is 21.1. The zero-order valence-electron chi connectivity index (χ0n) is 33.1. The van der Waals surface area contributed by atoms with Crippen molar-refractivity contribution in [2.75, 3.05) is 58.9 Å². The highest BCUT2D eigenvalue weighted by Gasteiger charge is 2.27. The summed E-state index contributed by atoms with van der Waals surface area (Å²) in [7, 11) is 0. The number of benzene rings is 1. The van der Waals surface area contributed by atoms with Crippen LogP contribution in [0.1, 0.15) is 169 Å². The lowest BCUT2D eigenvalue weighted by Gasteiger charge is -2.39. The average Bonchev–Trinajstić information content (AvgIpc) is 3.10. The number of hydrogen-bond donors (Lipinski definition) is 2. The first kappa shape index (κ1) is 44.4. The number of unbranched alkanes of at least 4 members (excludes halogenated alkanes) is 9. The zero-order chi connectivity index (χ0) is 35.4. The van der Waals surface area contributed by atoms with Gasteiger partial charge >= 0.3 is 0 Å². The standard InChI is InChI=1S/C43H81N3O2/c1-7-13-32-45(33-14-8-2,34-15-9-3)38-22-19-20-24-41(43(48)44-31-30-40-26-28-42(47)29-27-40)25-21-23-39-46(35-16-10-4,36-17-11-5)37-18-12-6/h26-29,41H,7-25,30-39H2,1-6H3/p+2. The summed E-state index contributed by atoms with van der Waals surface area (Å²) in [6.07, 6.45) is 24.6. The van der Waals surface area contributed by atoms with Crippen LogP contribution in [0.4, 0.5) is 0 Å². The number of carbonyl (C=O) groups excluding carboxylic acids is 1. The van der Waals surface area contributed by atoms with Crippen molar-refractivity contribution in [3.05, 3.63) is 29.8 Å². The van der Waals surface area contributed by atoms with E-state index in [2.05, 4.69) is 46.9 Å². The molecule has 0 bridgehead atoms. The van der Waals surface area contributed by atoms with Crippen LogP contribution in [0.3, 0.4) is 0 Å². The lowest BCUT2D eigenvalue weighted by atomic mass is 9.93. The molecule has 2 N–H and O–H groups in total. The van der Waals surface area contributed by atoms with Gasteiger partial charge in [-0.2, -0.15) is 0 Å². The van der Waals surface area contributed by atoms with Crippen LogP contribution < -0.4 is 5.32 Å². The predicted molar refractivity (Wildman–Crippen MR) is 210 cm³/mol. The van der Waals surface area contributed by atoms with Crippen molar-refractivity contribution in [1.82, 2.24) is 5.32 Å². The molecule has 0 radical (unpaired) electrons. The van der Waals surface area contributed by atoms with E-state index >= 15 is 0 Å². The Morgan fingerprint density at radius 1 is 0.542 bits per heavy atom. The SMILES string of the molecule is CCCC[N+](CCCC)(CCCC)CCCCCC(CCCC[N+](CCCC)(CCCC)CCCC)C(=O)NCCc1ccc(O)cc1. The molecule has 1 rings (SSSR count). The largest absolute Gasteiger partial charge is 0.508 e. The van der Waals surface area contributed by atoms with E-state index < -0.39 is 0 Å². The summed E-state index contributed by atoms with van der Waals surface area (Å²) in [5, 5.41) is 12.9. The van der Waals surface area contributed by atoms with Gasteiger partial charge in [0.15, 0.2) is 0 Å². The molecule has 0 aliphatic rings. The van der Waals surface area contributed by atoms with E-state index in [-0.39, 0.29) is 11.8 Å². The Hall–Kier alpha value is -1.59. The maximum Gasteiger partial charge on any atom is 0.223 e. The molecular weight excluding hydrogens is 590 g/mol. The van der Waals surface area contributed by atoms with E-state index in [1.165, 1.54) is 158 Å². The third-order valence-corrected chi connectivity index (χ3v) is 11.1. The van der Waals surface area contributed by atoms with Crippen molar-refractivity contribution in [1.29, 1.82) is 0 Å². The molecule has 0 heterocycles. The first-order chi connectivity index (χ1) is 23.3. The van der Waals surface area contributed by atoms with Gasteiger partial charge in [0.1, 0.15) is 5.75 Å². The molecule has 1 unspecified atom stereocenters. The minimum Gasteiger partial charge on any atom is -0.508 e. The van der Waals surface area contributed by atoms with Gasteiger partial charge in [-0.15, -0.1) is 0 Å². The van der Waals surface area contributed by atoms with E-state index in [9.17, 15) is 9.90 Å². The van der Waals surface area contributed by atoms with Gasteiger partial charge in [0, 0.05) is 12.5 Å². The van der Waals surface area contributed by atoms with Gasteiger partial charge < -0.3 is 19.4 Å². The second-order valence-electron chi connectivity index (χ2n) is 15.3. The summed E-state index contributed by atoms with van der Waals surface area (Å²) in [6.45, 7) is 25.3. The monoisotopic (exact) mass is 674 g/mol. The molecule has 0 saturated heterocycles.